The molecule has 0 bridgehead atoms. The van der Waals surface area contributed by atoms with Crippen LogP contribution < -0.4 is 10.6 Å². The summed E-state index contributed by atoms with van der Waals surface area (Å²) < 4.78 is 38.2. The molecule has 0 spiro atoms. The number of fused-ring (bicyclic) bond motifs is 1. The highest BCUT2D eigenvalue weighted by molar-refractivity contribution is 6.04. The van der Waals surface area contributed by atoms with Gasteiger partial charge in [-0.25, -0.2) is 4.79 Å². The number of halogens is 3. The van der Waals surface area contributed by atoms with E-state index >= 15 is 0 Å². The number of imide groups is 1. The van der Waals surface area contributed by atoms with Crippen LogP contribution in [0.1, 0.15) is 49.3 Å². The van der Waals surface area contributed by atoms with Crippen LogP contribution in [-0.4, -0.2) is 28.8 Å². The average molecular weight is 397 g/mol. The summed E-state index contributed by atoms with van der Waals surface area (Å²) in [6.45, 7) is 2.64. The third-order valence-corrected chi connectivity index (χ3v) is 4.98. The van der Waals surface area contributed by atoms with Crippen molar-refractivity contribution < 1.29 is 27.6 Å². The fraction of sp³-hybridized carbons (Fsp3) is 0.526. The smallest absolute Gasteiger partial charge is 0.334 e. The third-order valence-electron chi connectivity index (χ3n) is 4.98. The first kappa shape index (κ1) is 20.2. The number of amides is 4. The predicted octanol–water partition coefficient (Wildman–Crippen LogP) is 2.95. The van der Waals surface area contributed by atoms with Crippen molar-refractivity contribution in [1.82, 2.24) is 15.5 Å². The van der Waals surface area contributed by atoms with Gasteiger partial charge in [0.1, 0.15) is 6.04 Å². The molecule has 9 heteroatoms. The van der Waals surface area contributed by atoms with Crippen LogP contribution in [0.5, 0.6) is 0 Å². The van der Waals surface area contributed by atoms with E-state index in [0.717, 1.165) is 18.1 Å². The fourth-order valence-corrected chi connectivity index (χ4v) is 3.00. The molecule has 1 saturated carbocycles. The predicted molar refractivity (Wildman–Crippen MR) is 93.8 cm³/mol. The molecule has 1 aromatic carbocycles. The number of rotatable bonds is 3. The van der Waals surface area contributed by atoms with Crippen LogP contribution >= 0.6 is 0 Å². The van der Waals surface area contributed by atoms with E-state index in [2.05, 4.69) is 17.6 Å². The van der Waals surface area contributed by atoms with Crippen LogP contribution in [0.15, 0.2) is 18.2 Å². The van der Waals surface area contributed by atoms with Crippen molar-refractivity contribution in [2.75, 3.05) is 0 Å². The third kappa shape index (κ3) is 5.02. The average Bonchev–Trinajstić information content (AvgIpc) is 3.16. The van der Waals surface area contributed by atoms with Crippen molar-refractivity contribution in [3.63, 3.8) is 0 Å². The van der Waals surface area contributed by atoms with Gasteiger partial charge in [-0.15, -0.1) is 0 Å². The minimum Gasteiger partial charge on any atom is -0.334 e. The van der Waals surface area contributed by atoms with Gasteiger partial charge < -0.3 is 10.2 Å². The molecule has 1 saturated heterocycles. The van der Waals surface area contributed by atoms with Gasteiger partial charge in [0.15, 0.2) is 0 Å². The zero-order chi connectivity index (χ0) is 20.5. The molecule has 0 radical (unpaired) electrons. The number of urea groups is 1. The number of nitrogens with one attached hydrogen (secondary N) is 2. The zero-order valence-electron chi connectivity index (χ0n) is 15.4. The Morgan fingerprint density at radius 3 is 2.36 bits per heavy atom. The summed E-state index contributed by atoms with van der Waals surface area (Å²) in [6, 6.07) is 2.11. The molecule has 2 aliphatic heterocycles. The summed E-state index contributed by atoms with van der Waals surface area (Å²) in [5.41, 5.74) is 0.425. The van der Waals surface area contributed by atoms with Gasteiger partial charge >= 0.3 is 12.2 Å². The molecule has 3 aliphatic rings. The van der Waals surface area contributed by atoms with E-state index in [-0.39, 0.29) is 31.8 Å². The molecule has 4 rings (SSSR count). The van der Waals surface area contributed by atoms with Gasteiger partial charge in [-0.1, -0.05) is 25.8 Å². The second kappa shape index (κ2) is 7.81. The van der Waals surface area contributed by atoms with Crippen LogP contribution in [0.2, 0.25) is 0 Å². The molecule has 0 aromatic heterocycles. The Bertz CT molecular complexity index is 790. The molecule has 4 amide bonds. The van der Waals surface area contributed by atoms with Crippen molar-refractivity contribution in [2.24, 2.45) is 5.92 Å². The summed E-state index contributed by atoms with van der Waals surface area (Å²) in [4.78, 5) is 36.0. The van der Waals surface area contributed by atoms with Gasteiger partial charge in [0, 0.05) is 19.5 Å². The summed E-state index contributed by atoms with van der Waals surface area (Å²) >= 11 is 0. The van der Waals surface area contributed by atoms with E-state index in [9.17, 15) is 27.6 Å². The lowest BCUT2D eigenvalue weighted by molar-refractivity contribution is -0.137. The summed E-state index contributed by atoms with van der Waals surface area (Å²) in [5, 5.41) is 4.47. The van der Waals surface area contributed by atoms with Crippen LogP contribution in [0.4, 0.5) is 18.0 Å². The summed E-state index contributed by atoms with van der Waals surface area (Å²) in [6.07, 6.45) is -1.27. The highest BCUT2D eigenvalue weighted by atomic mass is 19.4. The molecular weight excluding hydrogens is 375 g/mol. The molecule has 2 N–H and O–H groups in total. The maximum absolute atomic E-state index is 12.7. The zero-order valence-corrected chi connectivity index (χ0v) is 15.4. The number of carbonyl (C=O) groups is 3. The molecule has 1 aliphatic carbocycles. The van der Waals surface area contributed by atoms with Crippen LogP contribution in [-0.2, 0) is 28.9 Å². The number of carbonyl (C=O) groups excluding carboxylic acids is 3. The lowest BCUT2D eigenvalue weighted by atomic mass is 10.1. The monoisotopic (exact) mass is 397 g/mol. The van der Waals surface area contributed by atoms with Crippen LogP contribution in [0, 0.1) is 5.92 Å². The molecular formula is C19H22F3N3O3. The van der Waals surface area contributed by atoms with Crippen molar-refractivity contribution in [3.05, 3.63) is 34.9 Å². The number of hydrogen-bond donors (Lipinski definition) is 2. The number of hydrogen-bond acceptors (Lipinski definition) is 3. The second-order valence-corrected chi connectivity index (χ2v) is 7.47. The van der Waals surface area contributed by atoms with Gasteiger partial charge in [0.05, 0.1) is 5.56 Å². The first-order valence-electron chi connectivity index (χ1n) is 9.21. The Morgan fingerprint density at radius 1 is 1.18 bits per heavy atom. The van der Waals surface area contributed by atoms with E-state index in [4.69, 9.17) is 0 Å². The first-order valence-corrected chi connectivity index (χ1v) is 9.21. The number of alkyl halides is 3. The molecule has 1 unspecified atom stereocenters. The fourth-order valence-electron chi connectivity index (χ4n) is 3.00. The van der Waals surface area contributed by atoms with Crippen LogP contribution in [0.3, 0.4) is 0 Å². The molecule has 6 nitrogen and oxygen atoms in total. The Labute approximate surface area is 160 Å². The molecule has 1 atom stereocenters. The normalized spacial score (nSPS) is 20.9. The van der Waals surface area contributed by atoms with Crippen molar-refractivity contribution >= 4 is 17.8 Å². The Kier molecular flexibility index (Phi) is 5.62. The van der Waals surface area contributed by atoms with Gasteiger partial charge in [-0.3, -0.25) is 14.9 Å². The first-order chi connectivity index (χ1) is 13.1. The highest BCUT2D eigenvalue weighted by Gasteiger charge is 2.34. The quantitative estimate of drug-likeness (QED) is 0.770. The van der Waals surface area contributed by atoms with E-state index < -0.39 is 29.7 Å². The van der Waals surface area contributed by atoms with Gasteiger partial charge in [-0.05, 0) is 35.6 Å². The van der Waals surface area contributed by atoms with Crippen molar-refractivity contribution in [2.45, 2.75) is 57.9 Å². The SMILES string of the molecule is CC1CC1.O=C1NC(=O)C(CCC(=O)N2Cc3ccc(C(F)(F)F)cc3C2)N1. The Hall–Kier alpha value is -2.58. The van der Waals surface area contributed by atoms with E-state index in [1.807, 2.05) is 0 Å². The Balaban J connectivity index is 0.000000500. The van der Waals surface area contributed by atoms with Gasteiger partial charge in [0.25, 0.3) is 5.91 Å². The lowest BCUT2D eigenvalue weighted by Gasteiger charge is -2.16. The molecule has 1 aromatic rings. The van der Waals surface area contributed by atoms with E-state index in [0.29, 0.717) is 11.1 Å². The van der Waals surface area contributed by atoms with Crippen molar-refractivity contribution in [1.29, 1.82) is 0 Å². The molecule has 152 valence electrons. The topological polar surface area (TPSA) is 78.5 Å². The van der Waals surface area contributed by atoms with E-state index in [1.165, 1.54) is 23.8 Å². The summed E-state index contributed by atoms with van der Waals surface area (Å²) in [5.74, 6) is 0.334. The Morgan fingerprint density at radius 2 is 1.82 bits per heavy atom. The minimum absolute atomic E-state index is 0.0263. The maximum Gasteiger partial charge on any atom is 0.416 e. The molecule has 2 heterocycles. The second-order valence-electron chi connectivity index (χ2n) is 7.47. The standard InChI is InChI=1S/C15H14F3N3O3.C4H8/c16-15(17,18)10-2-1-8-6-21(7-9(8)5-10)12(22)4-3-11-13(23)20-14(24)19-11;1-4-2-3-4/h1-2,5,11H,3-4,6-7H2,(H2,19,20,23,24);4H,2-3H2,1H3. The maximum atomic E-state index is 12.7. The van der Waals surface area contributed by atoms with Gasteiger partial charge in [0.2, 0.25) is 5.91 Å². The van der Waals surface area contributed by atoms with Crippen LogP contribution in [0.25, 0.3) is 0 Å². The largest absolute Gasteiger partial charge is 0.416 e. The molecule has 2 fully saturated rings. The lowest BCUT2D eigenvalue weighted by Crippen LogP contribution is -2.32. The highest BCUT2D eigenvalue weighted by Crippen LogP contribution is 2.33. The number of benzene rings is 1. The molecule has 28 heavy (non-hydrogen) atoms. The number of nitrogens with zero attached hydrogens (tertiary/aromatic N) is 1. The van der Waals surface area contributed by atoms with Crippen molar-refractivity contribution in [3.8, 4) is 0 Å². The van der Waals surface area contributed by atoms with Gasteiger partial charge in [-0.2, -0.15) is 13.2 Å². The van der Waals surface area contributed by atoms with E-state index in [1.54, 1.807) is 0 Å². The summed E-state index contributed by atoms with van der Waals surface area (Å²) in [7, 11) is 0. The minimum atomic E-state index is -4.42.